The van der Waals surface area contributed by atoms with Gasteiger partial charge in [-0.3, -0.25) is 4.98 Å². The summed E-state index contributed by atoms with van der Waals surface area (Å²) in [6, 6.07) is 12.4. The van der Waals surface area contributed by atoms with E-state index in [2.05, 4.69) is 34.6 Å². The number of pyridine rings is 1. The monoisotopic (exact) mass is 228 g/mol. The predicted octanol–water partition coefficient (Wildman–Crippen LogP) is 1.77. The number of aromatic nitrogens is 1. The van der Waals surface area contributed by atoms with E-state index < -0.39 is 0 Å². The van der Waals surface area contributed by atoms with Crippen LogP contribution in [0.3, 0.4) is 0 Å². The van der Waals surface area contributed by atoms with Crippen molar-refractivity contribution < 1.29 is 4.74 Å². The van der Waals surface area contributed by atoms with Gasteiger partial charge in [-0.2, -0.15) is 0 Å². The number of fused-ring (bicyclic) bond motifs is 1. The lowest BCUT2D eigenvalue weighted by atomic mass is 10.1. The van der Waals surface area contributed by atoms with E-state index in [0.717, 1.165) is 37.3 Å². The van der Waals surface area contributed by atoms with Crippen LogP contribution in [0.2, 0.25) is 0 Å². The van der Waals surface area contributed by atoms with Crippen LogP contribution in [0.5, 0.6) is 0 Å². The highest BCUT2D eigenvalue weighted by Gasteiger charge is 2.14. The van der Waals surface area contributed by atoms with Crippen LogP contribution in [-0.4, -0.2) is 30.8 Å². The van der Waals surface area contributed by atoms with Crippen molar-refractivity contribution in [2.24, 2.45) is 0 Å². The quantitative estimate of drug-likeness (QED) is 0.850. The fourth-order valence-corrected chi connectivity index (χ4v) is 2.21. The summed E-state index contributed by atoms with van der Waals surface area (Å²) in [5.74, 6) is 0. The van der Waals surface area contributed by atoms with Gasteiger partial charge in [0.05, 0.1) is 18.2 Å². The number of morpholine rings is 1. The second-order valence-electron chi connectivity index (χ2n) is 4.40. The molecular formula is C14H16N2O. The Bertz CT molecular complexity index is 506. The minimum atomic E-state index is 0.261. The number of rotatable bonds is 2. The second kappa shape index (κ2) is 4.82. The zero-order valence-corrected chi connectivity index (χ0v) is 9.73. The van der Waals surface area contributed by atoms with Crippen molar-refractivity contribution in [1.29, 1.82) is 0 Å². The first-order valence-corrected chi connectivity index (χ1v) is 6.09. The Hall–Kier alpha value is -1.45. The van der Waals surface area contributed by atoms with Crippen LogP contribution in [-0.2, 0) is 11.2 Å². The number of benzene rings is 1. The maximum absolute atomic E-state index is 5.69. The number of nitrogens with zero attached hydrogens (tertiary/aromatic N) is 1. The lowest BCUT2D eigenvalue weighted by molar-refractivity contribution is 0.0287. The number of hydrogen-bond acceptors (Lipinski definition) is 3. The van der Waals surface area contributed by atoms with Crippen LogP contribution in [0, 0.1) is 0 Å². The summed E-state index contributed by atoms with van der Waals surface area (Å²) < 4.78 is 5.69. The molecule has 0 bridgehead atoms. The molecule has 1 aromatic heterocycles. The highest BCUT2D eigenvalue weighted by atomic mass is 16.5. The van der Waals surface area contributed by atoms with E-state index in [9.17, 15) is 0 Å². The van der Waals surface area contributed by atoms with Crippen molar-refractivity contribution in [1.82, 2.24) is 10.3 Å². The van der Waals surface area contributed by atoms with Crippen molar-refractivity contribution in [3.8, 4) is 0 Å². The van der Waals surface area contributed by atoms with E-state index in [1.807, 2.05) is 12.1 Å². The number of para-hydroxylation sites is 1. The summed E-state index contributed by atoms with van der Waals surface area (Å²) in [6.45, 7) is 2.69. The second-order valence-corrected chi connectivity index (χ2v) is 4.40. The van der Waals surface area contributed by atoms with Gasteiger partial charge in [-0.25, -0.2) is 0 Å². The molecule has 1 atom stereocenters. The van der Waals surface area contributed by atoms with Gasteiger partial charge < -0.3 is 10.1 Å². The van der Waals surface area contributed by atoms with Crippen LogP contribution < -0.4 is 5.32 Å². The molecule has 1 N–H and O–H groups in total. The third-order valence-corrected chi connectivity index (χ3v) is 3.10. The van der Waals surface area contributed by atoms with Crippen molar-refractivity contribution >= 4 is 10.9 Å². The molecule has 17 heavy (non-hydrogen) atoms. The molecule has 0 saturated carbocycles. The first-order valence-electron chi connectivity index (χ1n) is 6.09. The van der Waals surface area contributed by atoms with Gasteiger partial charge in [0.1, 0.15) is 0 Å². The number of nitrogens with one attached hydrogen (secondary N) is 1. The lowest BCUT2D eigenvalue weighted by Gasteiger charge is -2.23. The average molecular weight is 228 g/mol. The maximum Gasteiger partial charge on any atom is 0.0755 e. The van der Waals surface area contributed by atoms with Crippen LogP contribution in [0.4, 0.5) is 0 Å². The Morgan fingerprint density at radius 1 is 1.24 bits per heavy atom. The van der Waals surface area contributed by atoms with Crippen LogP contribution in [0.15, 0.2) is 36.4 Å². The van der Waals surface area contributed by atoms with Crippen molar-refractivity contribution in [2.75, 3.05) is 19.7 Å². The molecule has 0 aliphatic carbocycles. The Morgan fingerprint density at radius 2 is 2.18 bits per heavy atom. The van der Waals surface area contributed by atoms with E-state index in [1.54, 1.807) is 0 Å². The summed E-state index contributed by atoms with van der Waals surface area (Å²) in [5, 5.41) is 4.53. The molecule has 1 fully saturated rings. The third kappa shape index (κ3) is 2.46. The first-order chi connectivity index (χ1) is 8.42. The van der Waals surface area contributed by atoms with Crippen molar-refractivity contribution in [3.63, 3.8) is 0 Å². The molecular weight excluding hydrogens is 212 g/mol. The topological polar surface area (TPSA) is 34.2 Å². The summed E-state index contributed by atoms with van der Waals surface area (Å²) >= 11 is 0. The highest BCUT2D eigenvalue weighted by Crippen LogP contribution is 2.13. The Balaban J connectivity index is 1.80. The first kappa shape index (κ1) is 10.7. The SMILES string of the molecule is c1ccc2nc(CC3CNCCO3)ccc2c1. The van der Waals surface area contributed by atoms with Crippen molar-refractivity contribution in [2.45, 2.75) is 12.5 Å². The molecule has 0 radical (unpaired) electrons. The van der Waals surface area contributed by atoms with Crippen LogP contribution >= 0.6 is 0 Å². The normalized spacial score (nSPS) is 20.6. The molecule has 3 nitrogen and oxygen atoms in total. The molecule has 3 rings (SSSR count). The van der Waals surface area contributed by atoms with Crippen LogP contribution in [0.25, 0.3) is 10.9 Å². The fourth-order valence-electron chi connectivity index (χ4n) is 2.21. The molecule has 0 amide bonds. The van der Waals surface area contributed by atoms with E-state index >= 15 is 0 Å². The van der Waals surface area contributed by atoms with E-state index in [1.165, 1.54) is 5.39 Å². The molecule has 2 aromatic rings. The summed E-state index contributed by atoms with van der Waals surface area (Å²) in [6.07, 6.45) is 1.15. The molecule has 88 valence electrons. The zero-order valence-electron chi connectivity index (χ0n) is 9.73. The molecule has 1 aromatic carbocycles. The molecule has 3 heteroatoms. The molecule has 1 aliphatic rings. The predicted molar refractivity (Wildman–Crippen MR) is 68.1 cm³/mol. The molecule has 0 spiro atoms. The molecule has 1 saturated heterocycles. The van der Waals surface area contributed by atoms with Gasteiger partial charge in [0.2, 0.25) is 0 Å². The van der Waals surface area contributed by atoms with Gasteiger partial charge in [0.15, 0.2) is 0 Å². The van der Waals surface area contributed by atoms with Gasteiger partial charge >= 0.3 is 0 Å². The maximum atomic E-state index is 5.69. The van der Waals surface area contributed by atoms with Crippen molar-refractivity contribution in [3.05, 3.63) is 42.1 Å². The van der Waals surface area contributed by atoms with E-state index in [0.29, 0.717) is 0 Å². The minimum Gasteiger partial charge on any atom is -0.375 e. The van der Waals surface area contributed by atoms with Gasteiger partial charge in [-0.05, 0) is 12.1 Å². The molecule has 1 aliphatic heterocycles. The van der Waals surface area contributed by atoms with Gasteiger partial charge in [0.25, 0.3) is 0 Å². The Kier molecular flexibility index (Phi) is 3.03. The number of hydrogen-bond donors (Lipinski definition) is 1. The van der Waals surface area contributed by atoms with Gasteiger partial charge in [0, 0.05) is 30.6 Å². The highest BCUT2D eigenvalue weighted by molar-refractivity contribution is 5.78. The fraction of sp³-hybridized carbons (Fsp3) is 0.357. The summed E-state index contributed by atoms with van der Waals surface area (Å²) in [4.78, 5) is 4.66. The lowest BCUT2D eigenvalue weighted by Crippen LogP contribution is -2.39. The largest absolute Gasteiger partial charge is 0.375 e. The molecule has 2 heterocycles. The van der Waals surface area contributed by atoms with E-state index in [-0.39, 0.29) is 6.10 Å². The van der Waals surface area contributed by atoms with E-state index in [4.69, 9.17) is 4.74 Å². The smallest absolute Gasteiger partial charge is 0.0755 e. The molecule has 1 unspecified atom stereocenters. The standard InChI is InChI=1S/C14H16N2O/c1-2-4-14-11(3-1)5-6-12(16-14)9-13-10-15-7-8-17-13/h1-6,13,15H,7-10H2. The Morgan fingerprint density at radius 3 is 3.06 bits per heavy atom. The third-order valence-electron chi connectivity index (χ3n) is 3.10. The zero-order chi connectivity index (χ0) is 11.5. The van der Waals surface area contributed by atoms with Gasteiger partial charge in [-0.15, -0.1) is 0 Å². The minimum absolute atomic E-state index is 0.261. The Labute approximate surface area is 101 Å². The van der Waals surface area contributed by atoms with Gasteiger partial charge in [-0.1, -0.05) is 24.3 Å². The summed E-state index contributed by atoms with van der Waals surface area (Å²) in [5.41, 5.74) is 2.17. The average Bonchev–Trinajstić information content (AvgIpc) is 2.40. The number of ether oxygens (including phenoxy) is 1. The summed E-state index contributed by atoms with van der Waals surface area (Å²) in [7, 11) is 0. The van der Waals surface area contributed by atoms with Crippen LogP contribution in [0.1, 0.15) is 5.69 Å².